The van der Waals surface area contributed by atoms with E-state index in [1.165, 1.54) is 0 Å². The maximum atomic E-state index is 12.5. The lowest BCUT2D eigenvalue weighted by atomic mass is 10.2. The number of benzene rings is 1. The summed E-state index contributed by atoms with van der Waals surface area (Å²) in [5.41, 5.74) is 6.67. The van der Waals surface area contributed by atoms with Gasteiger partial charge in [-0.25, -0.2) is 8.42 Å². The van der Waals surface area contributed by atoms with Crippen molar-refractivity contribution in [2.24, 2.45) is 5.73 Å². The van der Waals surface area contributed by atoms with Crippen LogP contribution in [0.3, 0.4) is 0 Å². The molecule has 2 N–H and O–H groups in total. The Morgan fingerprint density at radius 2 is 1.70 bits per heavy atom. The second-order valence-electron chi connectivity index (χ2n) is 5.03. The molecule has 1 aliphatic rings. The van der Waals surface area contributed by atoms with Crippen LogP contribution in [0.2, 0.25) is 0 Å². The van der Waals surface area contributed by atoms with Crippen LogP contribution in [0.25, 0.3) is 0 Å². The van der Waals surface area contributed by atoms with Crippen molar-refractivity contribution in [1.29, 1.82) is 0 Å². The van der Waals surface area contributed by atoms with Crippen LogP contribution in [0.15, 0.2) is 29.2 Å². The van der Waals surface area contributed by atoms with E-state index in [2.05, 4.69) is 11.8 Å². The molecular formula is C14H23N3O2S. The zero-order chi connectivity index (χ0) is 14.6. The average Bonchev–Trinajstić information content (AvgIpc) is 2.48. The van der Waals surface area contributed by atoms with Crippen LogP contribution >= 0.6 is 0 Å². The number of sulfonamides is 1. The van der Waals surface area contributed by atoms with Gasteiger partial charge >= 0.3 is 0 Å². The number of piperazine rings is 1. The van der Waals surface area contributed by atoms with E-state index in [0.29, 0.717) is 24.5 Å². The maximum Gasteiger partial charge on any atom is 0.243 e. The number of rotatable bonds is 5. The molecule has 1 aromatic rings. The summed E-state index contributed by atoms with van der Waals surface area (Å²) < 4.78 is 26.6. The molecule has 1 fully saturated rings. The lowest BCUT2D eigenvalue weighted by Gasteiger charge is -2.33. The van der Waals surface area contributed by atoms with Gasteiger partial charge in [-0.3, -0.25) is 4.90 Å². The number of hydrogen-bond donors (Lipinski definition) is 1. The normalized spacial score (nSPS) is 18.3. The zero-order valence-electron chi connectivity index (χ0n) is 12.0. The van der Waals surface area contributed by atoms with Gasteiger partial charge in [0.25, 0.3) is 0 Å². The molecule has 0 atom stereocenters. The summed E-state index contributed by atoms with van der Waals surface area (Å²) in [6.45, 7) is 6.09. The third-order valence-corrected chi connectivity index (χ3v) is 5.66. The highest BCUT2D eigenvalue weighted by molar-refractivity contribution is 7.89. The average molecular weight is 297 g/mol. The molecule has 112 valence electrons. The standard InChI is InChI=1S/C14H23N3O2S/c1-2-13-3-5-14(6-4-13)20(18,19)17-11-9-16(8-7-15)10-12-17/h3-6H,2,7-12,15H2,1H3. The summed E-state index contributed by atoms with van der Waals surface area (Å²) in [4.78, 5) is 2.59. The number of aryl methyl sites for hydroxylation is 1. The first-order valence-electron chi connectivity index (χ1n) is 7.09. The molecule has 0 aliphatic carbocycles. The topological polar surface area (TPSA) is 66.6 Å². The Morgan fingerprint density at radius 3 is 2.20 bits per heavy atom. The van der Waals surface area contributed by atoms with Crippen molar-refractivity contribution < 1.29 is 8.42 Å². The number of nitrogens with zero attached hydrogens (tertiary/aromatic N) is 2. The summed E-state index contributed by atoms with van der Waals surface area (Å²) in [6.07, 6.45) is 0.915. The van der Waals surface area contributed by atoms with Gasteiger partial charge in [0.1, 0.15) is 0 Å². The quantitative estimate of drug-likeness (QED) is 0.860. The number of hydrogen-bond acceptors (Lipinski definition) is 4. The predicted octanol–water partition coefficient (Wildman–Crippen LogP) is 0.514. The summed E-state index contributed by atoms with van der Waals surface area (Å²) >= 11 is 0. The minimum absolute atomic E-state index is 0.391. The molecule has 1 aliphatic heterocycles. The zero-order valence-corrected chi connectivity index (χ0v) is 12.8. The molecule has 20 heavy (non-hydrogen) atoms. The van der Waals surface area contributed by atoms with Gasteiger partial charge in [-0.2, -0.15) is 4.31 Å². The van der Waals surface area contributed by atoms with Gasteiger partial charge in [0.05, 0.1) is 4.90 Å². The lowest BCUT2D eigenvalue weighted by Crippen LogP contribution is -2.49. The molecule has 0 aromatic heterocycles. The van der Waals surface area contributed by atoms with Crippen LogP contribution in [0.1, 0.15) is 12.5 Å². The Labute approximate surface area is 121 Å². The van der Waals surface area contributed by atoms with Gasteiger partial charge in [0.2, 0.25) is 10.0 Å². The molecule has 1 heterocycles. The molecule has 2 rings (SSSR count). The second-order valence-corrected chi connectivity index (χ2v) is 6.97. The third-order valence-electron chi connectivity index (χ3n) is 3.75. The van der Waals surface area contributed by atoms with Crippen molar-refractivity contribution in [3.8, 4) is 0 Å². The largest absolute Gasteiger partial charge is 0.329 e. The van der Waals surface area contributed by atoms with Gasteiger partial charge in [-0.15, -0.1) is 0 Å². The molecule has 0 bridgehead atoms. The smallest absolute Gasteiger partial charge is 0.243 e. The van der Waals surface area contributed by atoms with E-state index in [1.54, 1.807) is 16.4 Å². The molecule has 0 saturated carbocycles. The first-order chi connectivity index (χ1) is 9.57. The monoisotopic (exact) mass is 297 g/mol. The highest BCUT2D eigenvalue weighted by Crippen LogP contribution is 2.18. The second kappa shape index (κ2) is 6.67. The molecule has 6 heteroatoms. The Bertz CT molecular complexity index is 520. The molecule has 0 radical (unpaired) electrons. The molecule has 1 aromatic carbocycles. The van der Waals surface area contributed by atoms with Crippen LogP contribution in [-0.2, 0) is 16.4 Å². The van der Waals surface area contributed by atoms with Crippen LogP contribution in [0.5, 0.6) is 0 Å². The van der Waals surface area contributed by atoms with Gasteiger partial charge in [0.15, 0.2) is 0 Å². The van der Waals surface area contributed by atoms with E-state index in [4.69, 9.17) is 5.73 Å². The summed E-state index contributed by atoms with van der Waals surface area (Å²) in [7, 11) is -3.35. The van der Waals surface area contributed by atoms with E-state index >= 15 is 0 Å². The van der Waals surface area contributed by atoms with Gasteiger partial charge in [0, 0.05) is 39.3 Å². The van der Waals surface area contributed by atoms with Crippen molar-refractivity contribution in [2.75, 3.05) is 39.3 Å². The van der Waals surface area contributed by atoms with Crippen molar-refractivity contribution in [1.82, 2.24) is 9.21 Å². The SMILES string of the molecule is CCc1ccc(S(=O)(=O)N2CCN(CCN)CC2)cc1. The molecular weight excluding hydrogens is 274 g/mol. The summed E-state index contributed by atoms with van der Waals surface area (Å²) in [5.74, 6) is 0. The summed E-state index contributed by atoms with van der Waals surface area (Å²) in [6, 6.07) is 7.19. The van der Waals surface area contributed by atoms with Gasteiger partial charge in [-0.05, 0) is 24.1 Å². The minimum atomic E-state index is -3.35. The Hall–Kier alpha value is -0.950. The highest BCUT2D eigenvalue weighted by atomic mass is 32.2. The van der Waals surface area contributed by atoms with E-state index in [0.717, 1.165) is 31.6 Å². The predicted molar refractivity (Wildman–Crippen MR) is 80.1 cm³/mol. The van der Waals surface area contributed by atoms with Crippen molar-refractivity contribution >= 4 is 10.0 Å². The molecule has 0 unspecified atom stereocenters. The van der Waals surface area contributed by atoms with E-state index < -0.39 is 10.0 Å². The molecule has 5 nitrogen and oxygen atoms in total. The first-order valence-corrected chi connectivity index (χ1v) is 8.53. The summed E-state index contributed by atoms with van der Waals surface area (Å²) in [5, 5.41) is 0. The van der Waals surface area contributed by atoms with Crippen molar-refractivity contribution in [2.45, 2.75) is 18.2 Å². The van der Waals surface area contributed by atoms with Crippen LogP contribution in [-0.4, -0.2) is 56.9 Å². The Kier molecular flexibility index (Phi) is 5.15. The van der Waals surface area contributed by atoms with E-state index in [9.17, 15) is 8.42 Å². The minimum Gasteiger partial charge on any atom is -0.329 e. The molecule has 0 spiro atoms. The third kappa shape index (κ3) is 3.38. The van der Waals surface area contributed by atoms with Crippen LogP contribution in [0.4, 0.5) is 0 Å². The van der Waals surface area contributed by atoms with Gasteiger partial charge < -0.3 is 5.73 Å². The first kappa shape index (κ1) is 15.4. The van der Waals surface area contributed by atoms with Crippen LogP contribution < -0.4 is 5.73 Å². The fourth-order valence-corrected chi connectivity index (χ4v) is 3.84. The van der Waals surface area contributed by atoms with E-state index in [1.807, 2.05) is 12.1 Å². The fraction of sp³-hybridized carbons (Fsp3) is 0.571. The Morgan fingerprint density at radius 1 is 1.10 bits per heavy atom. The fourth-order valence-electron chi connectivity index (χ4n) is 2.42. The highest BCUT2D eigenvalue weighted by Gasteiger charge is 2.27. The maximum absolute atomic E-state index is 12.5. The van der Waals surface area contributed by atoms with Crippen molar-refractivity contribution in [3.05, 3.63) is 29.8 Å². The van der Waals surface area contributed by atoms with E-state index in [-0.39, 0.29) is 0 Å². The molecule has 0 amide bonds. The number of nitrogens with two attached hydrogens (primary N) is 1. The Balaban J connectivity index is 2.07. The van der Waals surface area contributed by atoms with Crippen molar-refractivity contribution in [3.63, 3.8) is 0 Å². The van der Waals surface area contributed by atoms with Gasteiger partial charge in [-0.1, -0.05) is 19.1 Å². The molecule has 1 saturated heterocycles. The lowest BCUT2D eigenvalue weighted by molar-refractivity contribution is 0.192. The van der Waals surface area contributed by atoms with Crippen LogP contribution in [0, 0.1) is 0 Å².